The van der Waals surface area contributed by atoms with E-state index in [-0.39, 0.29) is 17.2 Å². The second-order valence-electron chi connectivity index (χ2n) is 2.65. The number of carbonyl (C=O) groups is 1. The molecule has 0 saturated carbocycles. The summed E-state index contributed by atoms with van der Waals surface area (Å²) in [7, 11) is 0. The van der Waals surface area contributed by atoms with Gasteiger partial charge in [-0.2, -0.15) is 0 Å². The highest BCUT2D eigenvalue weighted by atomic mass is 35.5. The van der Waals surface area contributed by atoms with Crippen LogP contribution in [0.5, 0.6) is 5.75 Å². The standard InChI is InChI=1S/C9H8ClFO2/c1-5-2-3-6(12)8(9(5)11)7(13)4-10/h2-3,12H,4H2,1H3. The van der Waals surface area contributed by atoms with Crippen LogP contribution in [0.25, 0.3) is 0 Å². The van der Waals surface area contributed by atoms with Crippen molar-refractivity contribution >= 4 is 17.4 Å². The quantitative estimate of drug-likeness (QED) is 0.590. The molecule has 0 bridgehead atoms. The first-order chi connectivity index (χ1) is 6.07. The van der Waals surface area contributed by atoms with E-state index in [1.54, 1.807) is 0 Å². The minimum absolute atomic E-state index is 0.311. The lowest BCUT2D eigenvalue weighted by Crippen LogP contribution is -2.05. The highest BCUT2D eigenvalue weighted by Gasteiger charge is 2.17. The minimum atomic E-state index is -0.703. The molecule has 0 aromatic heterocycles. The summed E-state index contributed by atoms with van der Waals surface area (Å²) < 4.78 is 13.3. The van der Waals surface area contributed by atoms with Gasteiger partial charge in [0.05, 0.1) is 11.4 Å². The zero-order chi connectivity index (χ0) is 10.0. The van der Waals surface area contributed by atoms with Crippen molar-refractivity contribution in [3.8, 4) is 5.75 Å². The fourth-order valence-corrected chi connectivity index (χ4v) is 1.14. The summed E-state index contributed by atoms with van der Waals surface area (Å²) in [5.41, 5.74) is -0.0127. The molecule has 0 aliphatic carbocycles. The van der Waals surface area contributed by atoms with Crippen molar-refractivity contribution in [1.29, 1.82) is 0 Å². The van der Waals surface area contributed by atoms with Crippen LogP contribution >= 0.6 is 11.6 Å². The van der Waals surface area contributed by atoms with Crippen molar-refractivity contribution in [3.63, 3.8) is 0 Å². The Labute approximate surface area is 80.0 Å². The normalized spacial score (nSPS) is 10.1. The van der Waals surface area contributed by atoms with Gasteiger partial charge in [0.1, 0.15) is 11.6 Å². The van der Waals surface area contributed by atoms with Gasteiger partial charge in [0.25, 0.3) is 0 Å². The van der Waals surface area contributed by atoms with E-state index in [0.29, 0.717) is 5.56 Å². The predicted octanol–water partition coefficient (Wildman–Crippen LogP) is 2.26. The maximum atomic E-state index is 13.3. The van der Waals surface area contributed by atoms with Gasteiger partial charge < -0.3 is 5.11 Å². The Hall–Kier alpha value is -1.09. The predicted molar refractivity (Wildman–Crippen MR) is 47.9 cm³/mol. The topological polar surface area (TPSA) is 37.3 Å². The van der Waals surface area contributed by atoms with Crippen molar-refractivity contribution in [1.82, 2.24) is 0 Å². The van der Waals surface area contributed by atoms with Crippen molar-refractivity contribution in [2.24, 2.45) is 0 Å². The number of Topliss-reactive ketones (excluding diaryl/α,β-unsaturated/α-hetero) is 1. The first-order valence-electron chi connectivity index (χ1n) is 3.65. The molecule has 2 nitrogen and oxygen atoms in total. The van der Waals surface area contributed by atoms with Gasteiger partial charge in [-0.1, -0.05) is 6.07 Å². The van der Waals surface area contributed by atoms with E-state index in [4.69, 9.17) is 11.6 Å². The molecule has 0 fully saturated rings. The number of phenolic OH excluding ortho intramolecular Hbond substituents is 1. The van der Waals surface area contributed by atoms with Crippen molar-refractivity contribution < 1.29 is 14.3 Å². The van der Waals surface area contributed by atoms with Crippen LogP contribution in [-0.4, -0.2) is 16.8 Å². The molecule has 0 unspecified atom stereocenters. The molecule has 1 aromatic carbocycles. The number of hydrogen-bond acceptors (Lipinski definition) is 2. The number of rotatable bonds is 2. The van der Waals surface area contributed by atoms with Crippen molar-refractivity contribution in [2.75, 3.05) is 5.88 Å². The number of phenols is 1. The number of benzene rings is 1. The summed E-state index contributed by atoms with van der Waals surface area (Å²) in [6.07, 6.45) is 0. The van der Waals surface area contributed by atoms with E-state index in [1.165, 1.54) is 19.1 Å². The highest BCUT2D eigenvalue weighted by molar-refractivity contribution is 6.30. The van der Waals surface area contributed by atoms with Gasteiger partial charge in [0.2, 0.25) is 0 Å². The van der Waals surface area contributed by atoms with Gasteiger partial charge in [-0.25, -0.2) is 4.39 Å². The first kappa shape index (κ1) is 9.99. The molecule has 13 heavy (non-hydrogen) atoms. The molecule has 1 aromatic rings. The van der Waals surface area contributed by atoms with E-state index in [9.17, 15) is 14.3 Å². The number of aromatic hydroxyl groups is 1. The second-order valence-corrected chi connectivity index (χ2v) is 2.91. The van der Waals surface area contributed by atoms with Crippen LogP contribution < -0.4 is 0 Å². The molecule has 0 atom stereocenters. The molecule has 70 valence electrons. The smallest absolute Gasteiger partial charge is 0.184 e. The van der Waals surface area contributed by atoms with Crippen LogP contribution in [-0.2, 0) is 0 Å². The van der Waals surface area contributed by atoms with Crippen LogP contribution in [0, 0.1) is 12.7 Å². The average Bonchev–Trinajstić information content (AvgIpc) is 2.12. The van der Waals surface area contributed by atoms with Gasteiger partial charge in [-0.15, -0.1) is 11.6 Å². The maximum absolute atomic E-state index is 13.3. The SMILES string of the molecule is Cc1ccc(O)c(C(=O)CCl)c1F. The molecule has 0 spiro atoms. The lowest BCUT2D eigenvalue weighted by Gasteiger charge is -2.04. The lowest BCUT2D eigenvalue weighted by atomic mass is 10.1. The highest BCUT2D eigenvalue weighted by Crippen LogP contribution is 2.23. The average molecular weight is 203 g/mol. The molecule has 0 aliphatic rings. The van der Waals surface area contributed by atoms with Gasteiger partial charge in [0, 0.05) is 0 Å². The fourth-order valence-electron chi connectivity index (χ4n) is 1.00. The number of aryl methyl sites for hydroxylation is 1. The minimum Gasteiger partial charge on any atom is -0.507 e. The van der Waals surface area contributed by atoms with Crippen LogP contribution in [0.3, 0.4) is 0 Å². The Morgan fingerprint density at radius 1 is 1.62 bits per heavy atom. The lowest BCUT2D eigenvalue weighted by molar-refractivity contribution is 0.101. The molecular weight excluding hydrogens is 195 g/mol. The van der Waals surface area contributed by atoms with Gasteiger partial charge in [-0.05, 0) is 18.6 Å². The van der Waals surface area contributed by atoms with E-state index in [1.807, 2.05) is 0 Å². The summed E-state index contributed by atoms with van der Waals surface area (Å²) in [4.78, 5) is 11.1. The number of ketones is 1. The number of hydrogen-bond donors (Lipinski definition) is 1. The third-order valence-electron chi connectivity index (χ3n) is 1.71. The molecule has 0 heterocycles. The van der Waals surface area contributed by atoms with E-state index in [2.05, 4.69) is 0 Å². The van der Waals surface area contributed by atoms with Crippen LogP contribution in [0.1, 0.15) is 15.9 Å². The third-order valence-corrected chi connectivity index (χ3v) is 1.96. The van der Waals surface area contributed by atoms with Crippen LogP contribution in [0.4, 0.5) is 4.39 Å². The number of alkyl halides is 1. The number of halogens is 2. The molecule has 1 N–H and O–H groups in total. The largest absolute Gasteiger partial charge is 0.507 e. The molecule has 0 saturated heterocycles. The summed E-state index contributed by atoms with van der Waals surface area (Å²) >= 11 is 5.26. The Balaban J connectivity index is 3.33. The van der Waals surface area contributed by atoms with Gasteiger partial charge in [0.15, 0.2) is 5.78 Å². The molecule has 0 aliphatic heterocycles. The maximum Gasteiger partial charge on any atom is 0.184 e. The van der Waals surface area contributed by atoms with Gasteiger partial charge >= 0.3 is 0 Å². The summed E-state index contributed by atoms with van der Waals surface area (Å²) in [6, 6.07) is 2.67. The Bertz CT molecular complexity index is 350. The second kappa shape index (κ2) is 3.75. The van der Waals surface area contributed by atoms with Crippen molar-refractivity contribution in [3.05, 3.63) is 29.1 Å². The van der Waals surface area contributed by atoms with E-state index < -0.39 is 11.6 Å². The zero-order valence-electron chi connectivity index (χ0n) is 6.97. The third kappa shape index (κ3) is 1.80. The fraction of sp³-hybridized carbons (Fsp3) is 0.222. The van der Waals surface area contributed by atoms with Crippen LogP contribution in [0.2, 0.25) is 0 Å². The Morgan fingerprint density at radius 3 is 2.77 bits per heavy atom. The Kier molecular flexibility index (Phi) is 2.88. The van der Waals surface area contributed by atoms with Crippen molar-refractivity contribution in [2.45, 2.75) is 6.92 Å². The summed E-state index contributed by atoms with van der Waals surface area (Å²) in [5.74, 6) is -2.02. The zero-order valence-corrected chi connectivity index (χ0v) is 7.73. The molecule has 4 heteroatoms. The summed E-state index contributed by atoms with van der Waals surface area (Å²) in [5, 5.41) is 9.20. The van der Waals surface area contributed by atoms with Gasteiger partial charge in [-0.3, -0.25) is 4.79 Å². The Morgan fingerprint density at radius 2 is 2.23 bits per heavy atom. The first-order valence-corrected chi connectivity index (χ1v) is 4.18. The molecule has 1 rings (SSSR count). The van der Waals surface area contributed by atoms with E-state index in [0.717, 1.165) is 0 Å². The summed E-state index contributed by atoms with van der Waals surface area (Å²) in [6.45, 7) is 1.51. The molecular formula is C9H8ClFO2. The molecule has 0 radical (unpaired) electrons. The monoisotopic (exact) mass is 202 g/mol. The molecule has 0 amide bonds. The van der Waals surface area contributed by atoms with E-state index >= 15 is 0 Å². The van der Waals surface area contributed by atoms with Crippen LogP contribution in [0.15, 0.2) is 12.1 Å². The number of carbonyl (C=O) groups excluding carboxylic acids is 1.